The molecule has 0 aliphatic carbocycles. The first-order valence-electron chi connectivity index (χ1n) is 3.66. The van der Waals surface area contributed by atoms with Crippen molar-refractivity contribution in [1.82, 2.24) is 9.55 Å². The molecule has 12 heavy (non-hydrogen) atoms. The predicted molar refractivity (Wildman–Crippen MR) is 39.1 cm³/mol. The Bertz CT molecular complexity index is 318. The maximum atomic E-state index is 10.4. The van der Waals surface area contributed by atoms with E-state index in [4.69, 9.17) is 9.84 Å². The van der Waals surface area contributed by atoms with Crippen molar-refractivity contribution in [2.24, 2.45) is 0 Å². The van der Waals surface area contributed by atoms with Crippen LogP contribution >= 0.6 is 0 Å². The van der Waals surface area contributed by atoms with Gasteiger partial charge in [-0.1, -0.05) is 0 Å². The summed E-state index contributed by atoms with van der Waals surface area (Å²) in [7, 11) is 0. The zero-order chi connectivity index (χ0) is 8.55. The molecule has 0 aromatic carbocycles. The smallest absolute Gasteiger partial charge is 0.309 e. The highest BCUT2D eigenvalue weighted by atomic mass is 16.5. The van der Waals surface area contributed by atoms with Crippen LogP contribution in [-0.2, 0) is 17.8 Å². The number of aliphatic carboxylic acids is 1. The predicted octanol–water partition coefficient (Wildman–Crippen LogP) is -0.0974. The fraction of sp³-hybridized carbons (Fsp3) is 0.429. The molecule has 1 aliphatic rings. The molecule has 0 fully saturated rings. The first kappa shape index (κ1) is 7.15. The van der Waals surface area contributed by atoms with Gasteiger partial charge in [0, 0.05) is 0 Å². The highest BCUT2D eigenvalue weighted by Crippen LogP contribution is 2.18. The van der Waals surface area contributed by atoms with Crippen LogP contribution in [0.2, 0.25) is 0 Å². The molecule has 0 unspecified atom stereocenters. The number of nitrogens with zero attached hydrogens (tertiary/aromatic N) is 2. The SMILES string of the molecule is O=C(O)Cc1cnc2n1CCO2. The van der Waals surface area contributed by atoms with Crippen LogP contribution in [0.15, 0.2) is 6.20 Å². The van der Waals surface area contributed by atoms with Crippen molar-refractivity contribution in [3.8, 4) is 6.01 Å². The number of ether oxygens (including phenoxy) is 1. The maximum Gasteiger partial charge on any atom is 0.309 e. The van der Waals surface area contributed by atoms with Gasteiger partial charge in [0.2, 0.25) is 0 Å². The van der Waals surface area contributed by atoms with Crippen LogP contribution in [0.3, 0.4) is 0 Å². The third-order valence-corrected chi connectivity index (χ3v) is 1.78. The van der Waals surface area contributed by atoms with Gasteiger partial charge >= 0.3 is 5.97 Å². The molecule has 1 N–H and O–H groups in total. The summed E-state index contributed by atoms with van der Waals surface area (Å²) in [6.07, 6.45) is 1.55. The van der Waals surface area contributed by atoms with Crippen molar-refractivity contribution in [3.63, 3.8) is 0 Å². The Balaban J connectivity index is 2.27. The van der Waals surface area contributed by atoms with Crippen molar-refractivity contribution < 1.29 is 14.6 Å². The number of carboxylic acid groups (broad SMARTS) is 1. The largest absolute Gasteiger partial charge is 0.481 e. The average molecular weight is 168 g/mol. The van der Waals surface area contributed by atoms with Crippen LogP contribution in [0.1, 0.15) is 5.69 Å². The Hall–Kier alpha value is -1.52. The van der Waals surface area contributed by atoms with Gasteiger partial charge in [0.25, 0.3) is 6.01 Å². The Labute approximate surface area is 68.6 Å². The average Bonchev–Trinajstić information content (AvgIpc) is 2.52. The molecule has 5 nitrogen and oxygen atoms in total. The fourth-order valence-corrected chi connectivity index (χ4v) is 1.27. The molecule has 0 spiro atoms. The Morgan fingerprint density at radius 3 is 3.42 bits per heavy atom. The topological polar surface area (TPSA) is 64.3 Å². The summed E-state index contributed by atoms with van der Waals surface area (Å²) in [5.41, 5.74) is 0.704. The molecule has 0 saturated heterocycles. The summed E-state index contributed by atoms with van der Waals surface area (Å²) in [4.78, 5) is 14.3. The van der Waals surface area contributed by atoms with E-state index in [1.54, 1.807) is 10.8 Å². The summed E-state index contributed by atoms with van der Waals surface area (Å²) >= 11 is 0. The quantitative estimate of drug-likeness (QED) is 0.669. The minimum Gasteiger partial charge on any atom is -0.481 e. The van der Waals surface area contributed by atoms with E-state index in [9.17, 15) is 4.79 Å². The van der Waals surface area contributed by atoms with E-state index in [-0.39, 0.29) is 6.42 Å². The summed E-state index contributed by atoms with van der Waals surface area (Å²) < 4.78 is 6.91. The zero-order valence-corrected chi connectivity index (χ0v) is 6.36. The molecule has 1 aromatic heterocycles. The van der Waals surface area contributed by atoms with E-state index in [1.165, 1.54) is 0 Å². The molecule has 0 atom stereocenters. The van der Waals surface area contributed by atoms with Gasteiger partial charge in [-0.2, -0.15) is 0 Å². The second kappa shape index (κ2) is 2.51. The first-order valence-corrected chi connectivity index (χ1v) is 3.66. The van der Waals surface area contributed by atoms with Gasteiger partial charge in [-0.15, -0.1) is 0 Å². The minimum atomic E-state index is -0.843. The lowest BCUT2D eigenvalue weighted by Gasteiger charge is -1.97. The number of hydrogen-bond acceptors (Lipinski definition) is 3. The lowest BCUT2D eigenvalue weighted by Crippen LogP contribution is -2.06. The van der Waals surface area contributed by atoms with Crippen LogP contribution in [-0.4, -0.2) is 27.2 Å². The van der Waals surface area contributed by atoms with Gasteiger partial charge in [0.15, 0.2) is 0 Å². The number of fused-ring (bicyclic) bond motifs is 1. The van der Waals surface area contributed by atoms with Gasteiger partial charge in [0.05, 0.1) is 24.9 Å². The molecule has 0 radical (unpaired) electrons. The molecule has 2 heterocycles. The van der Waals surface area contributed by atoms with Crippen LogP contribution in [0.25, 0.3) is 0 Å². The summed E-state index contributed by atoms with van der Waals surface area (Å²) in [6.45, 7) is 1.30. The molecule has 0 saturated carbocycles. The Morgan fingerprint density at radius 2 is 2.67 bits per heavy atom. The van der Waals surface area contributed by atoms with E-state index in [2.05, 4.69) is 4.98 Å². The highest BCUT2D eigenvalue weighted by Gasteiger charge is 2.17. The number of carboxylic acids is 1. The van der Waals surface area contributed by atoms with Crippen LogP contribution in [0.5, 0.6) is 6.01 Å². The summed E-state index contributed by atoms with van der Waals surface area (Å²) in [6, 6.07) is 0.534. The molecular weight excluding hydrogens is 160 g/mol. The van der Waals surface area contributed by atoms with Crippen molar-refractivity contribution in [1.29, 1.82) is 0 Å². The Kier molecular flexibility index (Phi) is 1.49. The minimum absolute atomic E-state index is 0.0103. The van der Waals surface area contributed by atoms with Gasteiger partial charge < -0.3 is 9.84 Å². The van der Waals surface area contributed by atoms with Crippen LogP contribution in [0, 0.1) is 0 Å². The second-order valence-corrected chi connectivity index (χ2v) is 2.60. The molecule has 2 rings (SSSR count). The molecule has 0 bridgehead atoms. The summed E-state index contributed by atoms with van der Waals surface area (Å²) in [5, 5.41) is 8.53. The van der Waals surface area contributed by atoms with Gasteiger partial charge in [-0.3, -0.25) is 9.36 Å². The number of imidazole rings is 1. The van der Waals surface area contributed by atoms with E-state index < -0.39 is 5.97 Å². The van der Waals surface area contributed by atoms with Gasteiger partial charge in [-0.05, 0) is 0 Å². The molecule has 5 heteroatoms. The normalized spacial score (nSPS) is 14.0. The van der Waals surface area contributed by atoms with Gasteiger partial charge in [0.1, 0.15) is 6.61 Å². The van der Waals surface area contributed by atoms with E-state index in [1.807, 2.05) is 0 Å². The van der Waals surface area contributed by atoms with Crippen molar-refractivity contribution >= 4 is 5.97 Å². The number of carbonyl (C=O) groups is 1. The first-order chi connectivity index (χ1) is 5.77. The maximum absolute atomic E-state index is 10.4. The van der Waals surface area contributed by atoms with Crippen molar-refractivity contribution in [2.75, 3.05) is 6.61 Å². The zero-order valence-electron chi connectivity index (χ0n) is 6.36. The molecule has 1 aromatic rings. The molecule has 1 aliphatic heterocycles. The van der Waals surface area contributed by atoms with E-state index >= 15 is 0 Å². The van der Waals surface area contributed by atoms with E-state index in [0.717, 1.165) is 0 Å². The molecular formula is C7H8N2O3. The van der Waals surface area contributed by atoms with Gasteiger partial charge in [-0.25, -0.2) is 4.98 Å². The number of rotatable bonds is 2. The fourth-order valence-electron chi connectivity index (χ4n) is 1.27. The van der Waals surface area contributed by atoms with Crippen LogP contribution in [0.4, 0.5) is 0 Å². The van der Waals surface area contributed by atoms with Crippen LogP contribution < -0.4 is 4.74 Å². The monoisotopic (exact) mass is 168 g/mol. The third kappa shape index (κ3) is 1.03. The standard InChI is InChI=1S/C7H8N2O3/c10-6(11)3-5-4-8-7-9(5)1-2-12-7/h4H,1-3H2,(H,10,11). The lowest BCUT2D eigenvalue weighted by atomic mass is 10.3. The Morgan fingerprint density at radius 1 is 1.83 bits per heavy atom. The second-order valence-electron chi connectivity index (χ2n) is 2.60. The number of aromatic nitrogens is 2. The van der Waals surface area contributed by atoms with E-state index in [0.29, 0.717) is 24.9 Å². The van der Waals surface area contributed by atoms with Crippen molar-refractivity contribution in [3.05, 3.63) is 11.9 Å². The third-order valence-electron chi connectivity index (χ3n) is 1.78. The lowest BCUT2D eigenvalue weighted by molar-refractivity contribution is -0.136. The molecule has 0 amide bonds. The summed E-state index contributed by atoms with van der Waals surface area (Å²) in [5.74, 6) is -0.843. The molecule has 64 valence electrons. The number of hydrogen-bond donors (Lipinski definition) is 1. The van der Waals surface area contributed by atoms with Crippen molar-refractivity contribution in [2.45, 2.75) is 13.0 Å². The highest BCUT2D eigenvalue weighted by molar-refractivity contribution is 5.69.